The molecule has 0 aliphatic heterocycles. The van der Waals surface area contributed by atoms with Crippen LogP contribution in [0.4, 0.5) is 4.79 Å². The number of rotatable bonds is 6. The van der Waals surface area contributed by atoms with Gasteiger partial charge in [-0.15, -0.1) is 0 Å². The first-order valence-corrected chi connectivity index (χ1v) is 6.30. The SMILES string of the molecule is CCCN(CCC)C(=O)N(CC)C1CC1. The van der Waals surface area contributed by atoms with Crippen molar-refractivity contribution < 1.29 is 4.79 Å². The monoisotopic (exact) mass is 212 g/mol. The minimum Gasteiger partial charge on any atom is -0.325 e. The summed E-state index contributed by atoms with van der Waals surface area (Å²) in [6.45, 7) is 8.98. The van der Waals surface area contributed by atoms with E-state index in [9.17, 15) is 4.79 Å². The third kappa shape index (κ3) is 3.40. The molecule has 88 valence electrons. The fourth-order valence-electron chi connectivity index (χ4n) is 1.96. The van der Waals surface area contributed by atoms with Crippen LogP contribution in [-0.4, -0.2) is 41.5 Å². The third-order valence-corrected chi connectivity index (χ3v) is 2.83. The molecule has 15 heavy (non-hydrogen) atoms. The van der Waals surface area contributed by atoms with Gasteiger partial charge in [0, 0.05) is 25.7 Å². The molecular weight excluding hydrogens is 188 g/mol. The molecule has 0 radical (unpaired) electrons. The van der Waals surface area contributed by atoms with Crippen molar-refractivity contribution in [3.63, 3.8) is 0 Å². The van der Waals surface area contributed by atoms with Crippen LogP contribution in [-0.2, 0) is 0 Å². The van der Waals surface area contributed by atoms with Gasteiger partial charge in [0.25, 0.3) is 0 Å². The summed E-state index contributed by atoms with van der Waals surface area (Å²) < 4.78 is 0. The van der Waals surface area contributed by atoms with E-state index in [4.69, 9.17) is 0 Å². The Bertz CT molecular complexity index is 196. The summed E-state index contributed by atoms with van der Waals surface area (Å²) in [6, 6.07) is 0.794. The first-order chi connectivity index (χ1) is 7.24. The van der Waals surface area contributed by atoms with E-state index in [1.165, 1.54) is 12.8 Å². The fraction of sp³-hybridized carbons (Fsp3) is 0.917. The van der Waals surface area contributed by atoms with Crippen LogP contribution in [0, 0.1) is 0 Å². The highest BCUT2D eigenvalue weighted by atomic mass is 16.2. The van der Waals surface area contributed by atoms with Gasteiger partial charge < -0.3 is 9.80 Å². The minimum absolute atomic E-state index is 0.253. The molecule has 0 atom stereocenters. The fourth-order valence-corrected chi connectivity index (χ4v) is 1.96. The van der Waals surface area contributed by atoms with Gasteiger partial charge in [-0.3, -0.25) is 0 Å². The first kappa shape index (κ1) is 12.3. The van der Waals surface area contributed by atoms with E-state index in [2.05, 4.69) is 20.8 Å². The number of carbonyl (C=O) groups is 1. The normalized spacial score (nSPS) is 15.1. The standard InChI is InChI=1S/C12H24N2O/c1-4-9-13(10-5-2)12(15)14(6-3)11-7-8-11/h11H,4-10H2,1-3H3. The summed E-state index contributed by atoms with van der Waals surface area (Å²) in [6.07, 6.45) is 4.50. The average molecular weight is 212 g/mol. The molecule has 0 aromatic rings. The number of carbonyl (C=O) groups excluding carboxylic acids is 1. The molecule has 1 aliphatic rings. The second-order valence-corrected chi connectivity index (χ2v) is 4.29. The minimum atomic E-state index is 0.253. The predicted octanol–water partition coefficient (Wildman–Crippen LogP) is 2.71. The van der Waals surface area contributed by atoms with Crippen molar-refractivity contribution in [3.8, 4) is 0 Å². The van der Waals surface area contributed by atoms with Crippen LogP contribution >= 0.6 is 0 Å². The maximum Gasteiger partial charge on any atom is 0.320 e. The summed E-state index contributed by atoms with van der Waals surface area (Å²) in [5.74, 6) is 0. The summed E-state index contributed by atoms with van der Waals surface area (Å²) in [5.41, 5.74) is 0. The number of nitrogens with zero attached hydrogens (tertiary/aromatic N) is 2. The van der Waals surface area contributed by atoms with Crippen molar-refractivity contribution in [2.75, 3.05) is 19.6 Å². The summed E-state index contributed by atoms with van der Waals surface area (Å²) in [7, 11) is 0. The van der Waals surface area contributed by atoms with Crippen molar-refractivity contribution in [3.05, 3.63) is 0 Å². The van der Waals surface area contributed by atoms with Crippen molar-refractivity contribution in [2.24, 2.45) is 0 Å². The Morgan fingerprint density at radius 3 is 2.00 bits per heavy atom. The van der Waals surface area contributed by atoms with Gasteiger partial charge in [0.2, 0.25) is 0 Å². The lowest BCUT2D eigenvalue weighted by Gasteiger charge is -2.29. The van der Waals surface area contributed by atoms with Crippen molar-refractivity contribution in [1.29, 1.82) is 0 Å². The van der Waals surface area contributed by atoms with Crippen LogP contribution in [0.1, 0.15) is 46.5 Å². The van der Waals surface area contributed by atoms with Crippen molar-refractivity contribution in [2.45, 2.75) is 52.5 Å². The Hall–Kier alpha value is -0.730. The lowest BCUT2D eigenvalue weighted by Crippen LogP contribution is -2.44. The molecule has 0 saturated heterocycles. The third-order valence-electron chi connectivity index (χ3n) is 2.83. The van der Waals surface area contributed by atoms with Crippen LogP contribution in [0.5, 0.6) is 0 Å². The van der Waals surface area contributed by atoms with E-state index in [-0.39, 0.29) is 6.03 Å². The smallest absolute Gasteiger partial charge is 0.320 e. The van der Waals surface area contributed by atoms with E-state index >= 15 is 0 Å². The molecular formula is C12H24N2O. The van der Waals surface area contributed by atoms with Gasteiger partial charge in [-0.1, -0.05) is 13.8 Å². The summed E-state index contributed by atoms with van der Waals surface area (Å²) >= 11 is 0. The van der Waals surface area contributed by atoms with Gasteiger partial charge in [-0.25, -0.2) is 4.79 Å². The number of hydrogen-bond acceptors (Lipinski definition) is 1. The molecule has 1 saturated carbocycles. The van der Waals surface area contributed by atoms with E-state index in [0.717, 1.165) is 32.5 Å². The van der Waals surface area contributed by atoms with Crippen LogP contribution in [0.3, 0.4) is 0 Å². The van der Waals surface area contributed by atoms with E-state index < -0.39 is 0 Å². The van der Waals surface area contributed by atoms with Gasteiger partial charge in [0.05, 0.1) is 0 Å². The topological polar surface area (TPSA) is 23.6 Å². The maximum atomic E-state index is 12.2. The second-order valence-electron chi connectivity index (χ2n) is 4.29. The van der Waals surface area contributed by atoms with Crippen LogP contribution in [0.15, 0.2) is 0 Å². The van der Waals surface area contributed by atoms with E-state index in [1.807, 2.05) is 9.80 Å². The van der Waals surface area contributed by atoms with E-state index in [0.29, 0.717) is 6.04 Å². The van der Waals surface area contributed by atoms with E-state index in [1.54, 1.807) is 0 Å². The number of amides is 2. The zero-order valence-corrected chi connectivity index (χ0v) is 10.3. The Balaban J connectivity index is 2.51. The first-order valence-electron chi connectivity index (χ1n) is 6.30. The molecule has 0 unspecified atom stereocenters. The highest BCUT2D eigenvalue weighted by molar-refractivity contribution is 5.75. The molecule has 3 heteroatoms. The van der Waals surface area contributed by atoms with Gasteiger partial charge in [0.15, 0.2) is 0 Å². The highest BCUT2D eigenvalue weighted by Gasteiger charge is 2.33. The quantitative estimate of drug-likeness (QED) is 0.664. The number of hydrogen-bond donors (Lipinski definition) is 0. The van der Waals surface area contributed by atoms with Crippen molar-refractivity contribution in [1.82, 2.24) is 9.80 Å². The molecule has 0 bridgehead atoms. The van der Waals surface area contributed by atoms with Crippen molar-refractivity contribution >= 4 is 6.03 Å². The summed E-state index contributed by atoms with van der Waals surface area (Å²) in [4.78, 5) is 16.2. The Morgan fingerprint density at radius 2 is 1.67 bits per heavy atom. The number of urea groups is 1. The molecule has 0 spiro atoms. The molecule has 0 N–H and O–H groups in total. The molecule has 0 aromatic carbocycles. The molecule has 2 amide bonds. The van der Waals surface area contributed by atoms with Gasteiger partial charge in [-0.05, 0) is 32.6 Å². The Kier molecular flexibility index (Phi) is 4.92. The predicted molar refractivity (Wildman–Crippen MR) is 63.0 cm³/mol. The van der Waals surface area contributed by atoms with Crippen LogP contribution < -0.4 is 0 Å². The Labute approximate surface area is 93.4 Å². The molecule has 1 aliphatic carbocycles. The molecule has 1 rings (SSSR count). The van der Waals surface area contributed by atoms with Gasteiger partial charge in [-0.2, -0.15) is 0 Å². The second kappa shape index (κ2) is 5.99. The lowest BCUT2D eigenvalue weighted by molar-refractivity contribution is 0.152. The molecule has 0 heterocycles. The molecule has 1 fully saturated rings. The van der Waals surface area contributed by atoms with Crippen LogP contribution in [0.25, 0.3) is 0 Å². The average Bonchev–Trinajstić information content (AvgIpc) is 3.03. The van der Waals surface area contributed by atoms with Gasteiger partial charge in [0.1, 0.15) is 0 Å². The van der Waals surface area contributed by atoms with Crippen LogP contribution in [0.2, 0.25) is 0 Å². The lowest BCUT2D eigenvalue weighted by atomic mass is 10.3. The molecule has 0 aromatic heterocycles. The largest absolute Gasteiger partial charge is 0.325 e. The Morgan fingerprint density at radius 1 is 1.13 bits per heavy atom. The summed E-state index contributed by atoms with van der Waals surface area (Å²) in [5, 5.41) is 0. The molecule has 3 nitrogen and oxygen atoms in total. The maximum absolute atomic E-state index is 12.2. The zero-order valence-electron chi connectivity index (χ0n) is 10.3. The van der Waals surface area contributed by atoms with Gasteiger partial charge >= 0.3 is 6.03 Å². The zero-order chi connectivity index (χ0) is 11.3. The highest BCUT2D eigenvalue weighted by Crippen LogP contribution is 2.27.